The van der Waals surface area contributed by atoms with E-state index in [4.69, 9.17) is 5.73 Å². The van der Waals surface area contributed by atoms with Gasteiger partial charge in [0.05, 0.1) is 5.69 Å². The molecule has 94 valence electrons. The molecule has 1 aromatic carbocycles. The Morgan fingerprint density at radius 1 is 1.33 bits per heavy atom. The van der Waals surface area contributed by atoms with Crippen LogP contribution >= 0.6 is 0 Å². The lowest BCUT2D eigenvalue weighted by molar-refractivity contribution is 0.782. The normalized spacial score (nSPS) is 14.0. The first-order chi connectivity index (χ1) is 8.69. The fraction of sp³-hybridized carbons (Fsp3) is 0.357. The smallest absolute Gasteiger partial charge is 0.121 e. The van der Waals surface area contributed by atoms with Crippen LogP contribution in [-0.4, -0.2) is 22.9 Å². The van der Waals surface area contributed by atoms with Crippen molar-refractivity contribution < 1.29 is 0 Å². The van der Waals surface area contributed by atoms with Gasteiger partial charge in [0.15, 0.2) is 0 Å². The molecule has 0 saturated carbocycles. The summed E-state index contributed by atoms with van der Waals surface area (Å²) >= 11 is 0. The van der Waals surface area contributed by atoms with Gasteiger partial charge in [-0.05, 0) is 31.0 Å². The maximum atomic E-state index is 5.83. The van der Waals surface area contributed by atoms with Crippen LogP contribution in [0.25, 0.3) is 11.3 Å². The number of nitrogens with zero attached hydrogens (tertiary/aromatic N) is 3. The maximum absolute atomic E-state index is 5.83. The molecular formula is C14H18N4. The Bertz CT molecular complexity index is 566. The molecule has 2 N–H and O–H groups in total. The van der Waals surface area contributed by atoms with Crippen molar-refractivity contribution in [1.29, 1.82) is 0 Å². The predicted octanol–water partition coefficient (Wildman–Crippen LogP) is 2.05. The van der Waals surface area contributed by atoms with E-state index < -0.39 is 0 Å². The van der Waals surface area contributed by atoms with Gasteiger partial charge in [0.2, 0.25) is 0 Å². The number of nitrogen functional groups attached to an aromatic ring is 1. The van der Waals surface area contributed by atoms with Crippen molar-refractivity contribution in [2.24, 2.45) is 7.05 Å². The summed E-state index contributed by atoms with van der Waals surface area (Å²) in [5, 5.41) is 4.42. The monoisotopic (exact) mass is 242 g/mol. The first-order valence-corrected chi connectivity index (χ1v) is 6.37. The van der Waals surface area contributed by atoms with Crippen LogP contribution in [0.4, 0.5) is 11.5 Å². The second kappa shape index (κ2) is 4.05. The fourth-order valence-corrected chi connectivity index (χ4v) is 2.58. The SMILES string of the molecule is CCN1CCc2cc(-c3cc(N)n(C)n3)ccc21. The van der Waals surface area contributed by atoms with Gasteiger partial charge >= 0.3 is 0 Å². The minimum atomic E-state index is 0.695. The number of benzene rings is 1. The van der Waals surface area contributed by atoms with Crippen molar-refractivity contribution in [2.45, 2.75) is 13.3 Å². The van der Waals surface area contributed by atoms with Crippen LogP contribution < -0.4 is 10.6 Å². The molecule has 0 unspecified atom stereocenters. The van der Waals surface area contributed by atoms with Crippen molar-refractivity contribution in [2.75, 3.05) is 23.7 Å². The summed E-state index contributed by atoms with van der Waals surface area (Å²) in [6.07, 6.45) is 1.12. The zero-order valence-corrected chi connectivity index (χ0v) is 10.8. The van der Waals surface area contributed by atoms with Gasteiger partial charge in [-0.1, -0.05) is 6.07 Å². The molecule has 0 spiro atoms. The highest BCUT2D eigenvalue weighted by Crippen LogP contribution is 2.31. The highest BCUT2D eigenvalue weighted by atomic mass is 15.3. The predicted molar refractivity (Wildman–Crippen MR) is 74.6 cm³/mol. The van der Waals surface area contributed by atoms with Crippen molar-refractivity contribution in [3.8, 4) is 11.3 Å². The highest BCUT2D eigenvalue weighted by molar-refractivity contribution is 5.69. The largest absolute Gasteiger partial charge is 0.384 e. The summed E-state index contributed by atoms with van der Waals surface area (Å²) in [7, 11) is 1.87. The Kier molecular flexibility index (Phi) is 2.51. The Hall–Kier alpha value is -1.97. The number of aryl methyl sites for hydroxylation is 1. The third-order valence-corrected chi connectivity index (χ3v) is 3.66. The Morgan fingerprint density at radius 2 is 2.17 bits per heavy atom. The lowest BCUT2D eigenvalue weighted by atomic mass is 10.1. The lowest BCUT2D eigenvalue weighted by Crippen LogP contribution is -2.18. The van der Waals surface area contributed by atoms with Gasteiger partial charge < -0.3 is 10.6 Å². The third-order valence-electron chi connectivity index (χ3n) is 3.66. The molecule has 0 saturated heterocycles. The van der Waals surface area contributed by atoms with Crippen LogP contribution in [0.2, 0.25) is 0 Å². The minimum absolute atomic E-state index is 0.695. The molecule has 0 aliphatic carbocycles. The summed E-state index contributed by atoms with van der Waals surface area (Å²) in [5.41, 5.74) is 10.7. The van der Waals surface area contributed by atoms with Gasteiger partial charge in [0.25, 0.3) is 0 Å². The second-order valence-electron chi connectivity index (χ2n) is 4.75. The van der Waals surface area contributed by atoms with Crippen molar-refractivity contribution in [3.63, 3.8) is 0 Å². The first kappa shape index (κ1) is 11.1. The van der Waals surface area contributed by atoms with Gasteiger partial charge in [-0.3, -0.25) is 4.68 Å². The van der Waals surface area contributed by atoms with Gasteiger partial charge in [0, 0.05) is 37.5 Å². The summed E-state index contributed by atoms with van der Waals surface area (Å²) in [6.45, 7) is 4.39. The Labute approximate surface area is 107 Å². The molecule has 4 nitrogen and oxygen atoms in total. The van der Waals surface area contributed by atoms with Crippen molar-refractivity contribution in [3.05, 3.63) is 29.8 Å². The van der Waals surface area contributed by atoms with E-state index in [2.05, 4.69) is 35.1 Å². The van der Waals surface area contributed by atoms with E-state index in [-0.39, 0.29) is 0 Å². The number of nitrogens with two attached hydrogens (primary N) is 1. The van der Waals surface area contributed by atoms with Gasteiger partial charge in [-0.15, -0.1) is 0 Å². The quantitative estimate of drug-likeness (QED) is 0.876. The molecule has 4 heteroatoms. The summed E-state index contributed by atoms with van der Waals surface area (Å²) < 4.78 is 1.71. The number of anilines is 2. The molecule has 1 aliphatic heterocycles. The minimum Gasteiger partial charge on any atom is -0.384 e. The Morgan fingerprint density at radius 3 is 2.83 bits per heavy atom. The topological polar surface area (TPSA) is 47.1 Å². The van der Waals surface area contributed by atoms with Crippen molar-refractivity contribution in [1.82, 2.24) is 9.78 Å². The van der Waals surface area contributed by atoms with Crippen LogP contribution in [0, 0.1) is 0 Å². The van der Waals surface area contributed by atoms with E-state index in [1.165, 1.54) is 11.3 Å². The van der Waals surface area contributed by atoms with E-state index in [9.17, 15) is 0 Å². The third kappa shape index (κ3) is 1.65. The number of hydrogen-bond donors (Lipinski definition) is 1. The zero-order chi connectivity index (χ0) is 12.7. The van der Waals surface area contributed by atoms with Crippen LogP contribution in [0.1, 0.15) is 12.5 Å². The molecule has 2 aromatic rings. The van der Waals surface area contributed by atoms with Crippen LogP contribution in [0.3, 0.4) is 0 Å². The zero-order valence-electron chi connectivity index (χ0n) is 10.8. The van der Waals surface area contributed by atoms with E-state index in [1.54, 1.807) is 4.68 Å². The van der Waals surface area contributed by atoms with Crippen LogP contribution in [0.15, 0.2) is 24.3 Å². The Balaban J connectivity index is 2.01. The summed E-state index contributed by atoms with van der Waals surface area (Å²) in [4.78, 5) is 2.41. The van der Waals surface area contributed by atoms with E-state index in [0.29, 0.717) is 5.82 Å². The van der Waals surface area contributed by atoms with E-state index in [1.807, 2.05) is 13.1 Å². The molecule has 18 heavy (non-hydrogen) atoms. The van der Waals surface area contributed by atoms with Crippen molar-refractivity contribution >= 4 is 11.5 Å². The summed E-state index contributed by atoms with van der Waals surface area (Å²) in [5.74, 6) is 0.695. The lowest BCUT2D eigenvalue weighted by Gasteiger charge is -2.16. The summed E-state index contributed by atoms with van der Waals surface area (Å²) in [6, 6.07) is 8.50. The average molecular weight is 242 g/mol. The molecule has 0 atom stereocenters. The molecule has 1 aromatic heterocycles. The fourth-order valence-electron chi connectivity index (χ4n) is 2.58. The number of hydrogen-bond acceptors (Lipinski definition) is 3. The molecule has 0 fully saturated rings. The number of fused-ring (bicyclic) bond motifs is 1. The first-order valence-electron chi connectivity index (χ1n) is 6.37. The van der Waals surface area contributed by atoms with E-state index >= 15 is 0 Å². The number of rotatable bonds is 2. The average Bonchev–Trinajstić information content (AvgIpc) is 2.93. The molecular weight excluding hydrogens is 224 g/mol. The van der Waals surface area contributed by atoms with Gasteiger partial charge in [-0.25, -0.2) is 0 Å². The van der Waals surface area contributed by atoms with Gasteiger partial charge in [0.1, 0.15) is 5.82 Å². The molecule has 0 amide bonds. The highest BCUT2D eigenvalue weighted by Gasteiger charge is 2.18. The molecule has 2 heterocycles. The maximum Gasteiger partial charge on any atom is 0.121 e. The number of likely N-dealkylation sites (N-methyl/N-ethyl adjacent to an activating group) is 1. The molecule has 1 aliphatic rings. The van der Waals surface area contributed by atoms with Gasteiger partial charge in [-0.2, -0.15) is 5.10 Å². The molecule has 3 rings (SSSR count). The van der Waals surface area contributed by atoms with E-state index in [0.717, 1.165) is 30.8 Å². The van der Waals surface area contributed by atoms with Crippen LogP contribution in [-0.2, 0) is 13.5 Å². The van der Waals surface area contributed by atoms with Crippen LogP contribution in [0.5, 0.6) is 0 Å². The number of aromatic nitrogens is 2. The standard InChI is InChI=1S/C14H18N4/c1-3-18-7-6-11-8-10(4-5-13(11)18)12-9-14(15)17(2)16-12/h4-5,8-9H,3,6-7,15H2,1-2H3. The second-order valence-corrected chi connectivity index (χ2v) is 4.75. The molecule has 0 bridgehead atoms. The molecule has 0 radical (unpaired) electrons.